The zero-order valence-corrected chi connectivity index (χ0v) is 6.61. The summed E-state index contributed by atoms with van der Waals surface area (Å²) in [5.74, 6) is 0. The zero-order valence-electron chi connectivity index (χ0n) is 5.02. The Balaban J connectivity index is 4.47. The lowest BCUT2D eigenvalue weighted by molar-refractivity contribution is 1.28. The minimum absolute atomic E-state index is 0.435. The Hall–Kier alpha value is -0.700. The molecule has 0 radical (unpaired) electrons. The van der Waals surface area contributed by atoms with E-state index >= 15 is 0 Å². The van der Waals surface area contributed by atoms with Crippen LogP contribution in [0.2, 0.25) is 0 Å². The quantitative estimate of drug-likeness (QED) is 0.641. The van der Waals surface area contributed by atoms with Crippen LogP contribution in [0.15, 0.2) is 35.1 Å². The third-order valence-electron chi connectivity index (χ3n) is 0.823. The van der Waals surface area contributed by atoms with E-state index in [1.807, 2.05) is 0 Å². The number of hydrogen-bond acceptors (Lipinski definition) is 2. The number of nitrogens with two attached hydrogens (primary N) is 2. The summed E-state index contributed by atoms with van der Waals surface area (Å²) in [7, 11) is 0. The van der Waals surface area contributed by atoms with Gasteiger partial charge in [-0.05, 0) is 22.0 Å². The molecule has 0 unspecified atom stereocenters. The Morgan fingerprint density at radius 3 is 2.00 bits per heavy atom. The van der Waals surface area contributed by atoms with Gasteiger partial charge >= 0.3 is 0 Å². The van der Waals surface area contributed by atoms with Crippen molar-refractivity contribution in [3.8, 4) is 0 Å². The molecule has 0 aromatic rings. The third kappa shape index (κ3) is 2.37. The molecule has 0 rings (SSSR count). The normalized spacial score (nSPS) is 12.1. The maximum Gasteiger partial charge on any atom is 0.0685 e. The van der Waals surface area contributed by atoms with Gasteiger partial charge in [0.1, 0.15) is 0 Å². The van der Waals surface area contributed by atoms with E-state index in [0.29, 0.717) is 15.9 Å². The predicted octanol–water partition coefficient (Wildman–Crippen LogP) is 1.21. The maximum atomic E-state index is 5.41. The van der Waals surface area contributed by atoms with Gasteiger partial charge in [0.15, 0.2) is 0 Å². The monoisotopic (exact) mass is 188 g/mol. The topological polar surface area (TPSA) is 52.0 Å². The Labute approximate surface area is 63.0 Å². The molecular formula is C6H9BrN2. The van der Waals surface area contributed by atoms with Gasteiger partial charge in [0.2, 0.25) is 0 Å². The van der Waals surface area contributed by atoms with Crippen molar-refractivity contribution in [1.29, 1.82) is 0 Å². The molecule has 0 saturated carbocycles. The highest BCUT2D eigenvalue weighted by Gasteiger charge is 1.94. The van der Waals surface area contributed by atoms with Crippen LogP contribution in [0.3, 0.4) is 0 Å². The predicted molar refractivity (Wildman–Crippen MR) is 43.7 cm³/mol. The van der Waals surface area contributed by atoms with Crippen molar-refractivity contribution in [1.82, 2.24) is 0 Å². The number of halogens is 1. The van der Waals surface area contributed by atoms with Gasteiger partial charge in [-0.2, -0.15) is 0 Å². The Morgan fingerprint density at radius 2 is 1.89 bits per heavy atom. The van der Waals surface area contributed by atoms with E-state index in [1.165, 1.54) is 6.08 Å². The summed E-state index contributed by atoms with van der Waals surface area (Å²) in [5.41, 5.74) is 11.6. The van der Waals surface area contributed by atoms with Crippen molar-refractivity contribution < 1.29 is 0 Å². The van der Waals surface area contributed by atoms with E-state index in [0.717, 1.165) is 0 Å². The molecule has 0 amide bonds. The summed E-state index contributed by atoms with van der Waals surface area (Å²) in [6, 6.07) is 0. The van der Waals surface area contributed by atoms with Gasteiger partial charge in [0.25, 0.3) is 0 Å². The van der Waals surface area contributed by atoms with Crippen LogP contribution >= 0.6 is 15.9 Å². The van der Waals surface area contributed by atoms with E-state index in [4.69, 9.17) is 11.5 Å². The first-order chi connectivity index (χ1) is 4.09. The number of allylic oxidation sites excluding steroid dienone is 2. The molecule has 0 aromatic carbocycles. The number of hydrogen-bond donors (Lipinski definition) is 2. The van der Waals surface area contributed by atoms with Gasteiger partial charge in [-0.3, -0.25) is 0 Å². The van der Waals surface area contributed by atoms with Crippen LogP contribution < -0.4 is 11.5 Å². The van der Waals surface area contributed by atoms with Gasteiger partial charge in [0.05, 0.1) is 11.4 Å². The fourth-order valence-electron chi connectivity index (χ4n) is 0.267. The lowest BCUT2D eigenvalue weighted by atomic mass is 10.3. The van der Waals surface area contributed by atoms with Crippen molar-refractivity contribution in [2.75, 3.05) is 0 Å². The molecule has 0 saturated heterocycles. The van der Waals surface area contributed by atoms with E-state index in [2.05, 4.69) is 29.1 Å². The van der Waals surface area contributed by atoms with Crippen LogP contribution in [-0.4, -0.2) is 0 Å². The molecule has 0 aliphatic rings. The first-order valence-corrected chi connectivity index (χ1v) is 3.11. The Bertz CT molecular complexity index is 170. The van der Waals surface area contributed by atoms with Crippen LogP contribution in [0.5, 0.6) is 0 Å². The largest absolute Gasteiger partial charge is 0.397 e. The highest BCUT2D eigenvalue weighted by Crippen LogP contribution is 2.10. The van der Waals surface area contributed by atoms with Crippen LogP contribution in [0.1, 0.15) is 0 Å². The van der Waals surface area contributed by atoms with Crippen LogP contribution in [0.4, 0.5) is 0 Å². The van der Waals surface area contributed by atoms with E-state index in [9.17, 15) is 0 Å². The number of rotatable bonds is 2. The standard InChI is InChI=1S/C6H9BrN2/c1-3-5(8)6(9)4(2)7/h3H,1-2,8-9H2/b6-5-. The highest BCUT2D eigenvalue weighted by atomic mass is 79.9. The second-order valence-electron chi connectivity index (χ2n) is 1.48. The molecule has 0 aromatic heterocycles. The van der Waals surface area contributed by atoms with E-state index in [-0.39, 0.29) is 0 Å². The van der Waals surface area contributed by atoms with Crippen LogP contribution in [0, 0.1) is 0 Å². The molecule has 4 N–H and O–H groups in total. The van der Waals surface area contributed by atoms with Gasteiger partial charge in [-0.1, -0.05) is 13.2 Å². The molecule has 0 fully saturated rings. The molecule has 0 aliphatic heterocycles. The lowest BCUT2D eigenvalue weighted by Gasteiger charge is -1.98. The molecule has 3 heteroatoms. The van der Waals surface area contributed by atoms with Crippen molar-refractivity contribution in [2.24, 2.45) is 11.5 Å². The van der Waals surface area contributed by atoms with Gasteiger partial charge in [0, 0.05) is 4.48 Å². The average molecular weight is 189 g/mol. The zero-order chi connectivity index (χ0) is 7.44. The summed E-state index contributed by atoms with van der Waals surface area (Å²) < 4.78 is 0.583. The summed E-state index contributed by atoms with van der Waals surface area (Å²) in [4.78, 5) is 0. The summed E-state index contributed by atoms with van der Waals surface area (Å²) >= 11 is 3.08. The highest BCUT2D eigenvalue weighted by molar-refractivity contribution is 9.11. The second-order valence-corrected chi connectivity index (χ2v) is 2.44. The first-order valence-electron chi connectivity index (χ1n) is 2.32. The molecule has 9 heavy (non-hydrogen) atoms. The van der Waals surface area contributed by atoms with E-state index in [1.54, 1.807) is 0 Å². The first kappa shape index (κ1) is 8.30. The minimum Gasteiger partial charge on any atom is -0.397 e. The second kappa shape index (κ2) is 3.35. The summed E-state index contributed by atoms with van der Waals surface area (Å²) in [5, 5.41) is 0. The fourth-order valence-corrected chi connectivity index (χ4v) is 0.495. The smallest absolute Gasteiger partial charge is 0.0685 e. The molecule has 50 valence electrons. The molecule has 0 heterocycles. The van der Waals surface area contributed by atoms with Gasteiger partial charge < -0.3 is 11.5 Å². The summed E-state index contributed by atoms with van der Waals surface area (Å²) in [6.45, 7) is 6.97. The maximum absolute atomic E-state index is 5.41. The van der Waals surface area contributed by atoms with Crippen LogP contribution in [0.25, 0.3) is 0 Å². The van der Waals surface area contributed by atoms with Crippen molar-refractivity contribution >= 4 is 15.9 Å². The molecule has 2 nitrogen and oxygen atoms in total. The van der Waals surface area contributed by atoms with Crippen molar-refractivity contribution in [2.45, 2.75) is 0 Å². The third-order valence-corrected chi connectivity index (χ3v) is 1.25. The van der Waals surface area contributed by atoms with E-state index < -0.39 is 0 Å². The molecular weight excluding hydrogens is 180 g/mol. The fraction of sp³-hybridized carbons (Fsp3) is 0. The molecule has 0 spiro atoms. The van der Waals surface area contributed by atoms with Gasteiger partial charge in [-0.25, -0.2) is 0 Å². The molecule has 0 atom stereocenters. The Morgan fingerprint density at radius 1 is 1.44 bits per heavy atom. The SMILES string of the molecule is C=C/C(N)=C(/N)C(=C)Br. The van der Waals surface area contributed by atoms with Crippen LogP contribution in [-0.2, 0) is 0 Å². The lowest BCUT2D eigenvalue weighted by Crippen LogP contribution is -2.06. The minimum atomic E-state index is 0.435. The van der Waals surface area contributed by atoms with Crippen molar-refractivity contribution in [3.05, 3.63) is 35.1 Å². The average Bonchev–Trinajstić information content (AvgIpc) is 1.84. The van der Waals surface area contributed by atoms with Crippen molar-refractivity contribution in [3.63, 3.8) is 0 Å². The molecule has 0 aliphatic carbocycles. The molecule has 0 bridgehead atoms. The Kier molecular flexibility index (Phi) is 3.09. The summed E-state index contributed by atoms with van der Waals surface area (Å²) in [6.07, 6.45) is 1.47. The van der Waals surface area contributed by atoms with Gasteiger partial charge in [-0.15, -0.1) is 0 Å².